The summed E-state index contributed by atoms with van der Waals surface area (Å²) in [4.78, 5) is 9.27. The van der Waals surface area contributed by atoms with Gasteiger partial charge in [0.2, 0.25) is 5.89 Å². The number of rotatable bonds is 3. The van der Waals surface area contributed by atoms with Crippen LogP contribution in [0.25, 0.3) is 0 Å². The Morgan fingerprint density at radius 3 is 2.53 bits per heavy atom. The summed E-state index contributed by atoms with van der Waals surface area (Å²) in [5.74, 6) is 2.50. The minimum atomic E-state index is 0.754. The summed E-state index contributed by atoms with van der Waals surface area (Å²) in [7, 11) is 0. The van der Waals surface area contributed by atoms with Crippen LogP contribution in [0.5, 0.6) is 0 Å². The second-order valence-electron chi connectivity index (χ2n) is 5.73. The predicted octanol–water partition coefficient (Wildman–Crippen LogP) is 0.596. The Kier molecular flexibility index (Phi) is 2.23. The minimum absolute atomic E-state index is 0.754. The summed E-state index contributed by atoms with van der Waals surface area (Å²) in [5, 5.41) is 3.66. The van der Waals surface area contributed by atoms with Crippen molar-refractivity contribution in [3.05, 3.63) is 12.2 Å². The van der Waals surface area contributed by atoms with Crippen LogP contribution < -0.4 is 0 Å². The van der Waals surface area contributed by atoms with E-state index >= 15 is 0 Å². The highest BCUT2D eigenvalue weighted by atomic mass is 16.5. The lowest BCUT2D eigenvalue weighted by molar-refractivity contribution is 0.223. The molecule has 4 rings (SSSR count). The van der Waals surface area contributed by atoms with Crippen molar-refractivity contribution in [2.24, 2.45) is 11.8 Å². The van der Waals surface area contributed by atoms with Gasteiger partial charge in [-0.15, -0.1) is 0 Å². The van der Waals surface area contributed by atoms with Gasteiger partial charge in [-0.3, -0.25) is 9.80 Å². The molecule has 1 aromatic rings. The maximum atomic E-state index is 5.07. The average Bonchev–Trinajstić information content (AvgIpc) is 2.72. The molecule has 0 aromatic carbocycles. The molecule has 0 N–H and O–H groups in total. The highest BCUT2D eigenvalue weighted by Gasteiger charge is 2.44. The third kappa shape index (κ3) is 1.87. The van der Waals surface area contributed by atoms with Crippen LogP contribution in [-0.2, 0) is 6.54 Å². The molecule has 0 bridgehead atoms. The normalized spacial score (nSPS) is 34.4. The van der Waals surface area contributed by atoms with E-state index in [0.717, 1.165) is 30.3 Å². The third-order valence-electron chi connectivity index (χ3n) is 4.42. The molecule has 92 valence electrons. The van der Waals surface area contributed by atoms with Crippen LogP contribution in [0.3, 0.4) is 0 Å². The van der Waals surface area contributed by atoms with Crippen molar-refractivity contribution in [1.82, 2.24) is 19.9 Å². The second-order valence-corrected chi connectivity index (χ2v) is 5.73. The van der Waals surface area contributed by atoms with Gasteiger partial charge in [0.25, 0.3) is 0 Å². The van der Waals surface area contributed by atoms with Gasteiger partial charge < -0.3 is 4.52 Å². The molecule has 0 radical (unpaired) electrons. The largest absolute Gasteiger partial charge is 0.338 e. The summed E-state index contributed by atoms with van der Waals surface area (Å²) < 4.78 is 5.07. The van der Waals surface area contributed by atoms with Gasteiger partial charge >= 0.3 is 0 Å². The van der Waals surface area contributed by atoms with E-state index in [1.54, 1.807) is 0 Å². The Labute approximate surface area is 101 Å². The molecule has 3 fully saturated rings. The first kappa shape index (κ1) is 10.0. The van der Waals surface area contributed by atoms with E-state index < -0.39 is 0 Å². The van der Waals surface area contributed by atoms with Gasteiger partial charge in [-0.1, -0.05) is 5.16 Å². The molecule has 2 saturated heterocycles. The molecule has 5 heteroatoms. The van der Waals surface area contributed by atoms with E-state index in [1.165, 1.54) is 45.3 Å². The number of hydrogen-bond donors (Lipinski definition) is 0. The van der Waals surface area contributed by atoms with Crippen LogP contribution in [0.1, 0.15) is 18.7 Å². The Morgan fingerprint density at radius 1 is 1.18 bits per heavy atom. The number of fused-ring (bicyclic) bond motifs is 1. The lowest BCUT2D eigenvalue weighted by Crippen LogP contribution is -2.30. The highest BCUT2D eigenvalue weighted by molar-refractivity contribution is 4.98. The van der Waals surface area contributed by atoms with E-state index in [4.69, 9.17) is 4.52 Å². The molecule has 3 aliphatic rings. The molecule has 1 saturated carbocycles. The van der Waals surface area contributed by atoms with E-state index in [2.05, 4.69) is 19.9 Å². The standard InChI is InChI=1S/C12H18N4O/c1-2-11(1)16-5-9-3-15(4-10(9)6-16)7-12-13-8-14-17-12/h8-11H,1-7H2. The minimum Gasteiger partial charge on any atom is -0.338 e. The number of aromatic nitrogens is 2. The quantitative estimate of drug-likeness (QED) is 0.766. The van der Waals surface area contributed by atoms with E-state index in [0.29, 0.717) is 0 Å². The molecule has 3 heterocycles. The summed E-state index contributed by atoms with van der Waals surface area (Å²) >= 11 is 0. The van der Waals surface area contributed by atoms with Crippen molar-refractivity contribution >= 4 is 0 Å². The number of hydrogen-bond acceptors (Lipinski definition) is 5. The molecule has 1 aromatic heterocycles. The van der Waals surface area contributed by atoms with Crippen LogP contribution >= 0.6 is 0 Å². The zero-order chi connectivity index (χ0) is 11.2. The Hall–Kier alpha value is -0.940. The lowest BCUT2D eigenvalue weighted by Gasteiger charge is -2.19. The van der Waals surface area contributed by atoms with E-state index in [-0.39, 0.29) is 0 Å². The fraction of sp³-hybridized carbons (Fsp3) is 0.833. The Balaban J connectivity index is 1.35. The molecule has 2 aliphatic heterocycles. The summed E-state index contributed by atoms with van der Waals surface area (Å²) in [6.45, 7) is 5.87. The highest BCUT2D eigenvalue weighted by Crippen LogP contribution is 2.37. The van der Waals surface area contributed by atoms with Crippen LogP contribution in [0.15, 0.2) is 10.9 Å². The van der Waals surface area contributed by atoms with E-state index in [9.17, 15) is 0 Å². The maximum Gasteiger partial charge on any atom is 0.240 e. The molecular formula is C12H18N4O. The number of nitrogens with zero attached hydrogens (tertiary/aromatic N) is 4. The smallest absolute Gasteiger partial charge is 0.240 e. The average molecular weight is 234 g/mol. The molecular weight excluding hydrogens is 216 g/mol. The van der Waals surface area contributed by atoms with Gasteiger partial charge in [0.1, 0.15) is 0 Å². The zero-order valence-corrected chi connectivity index (χ0v) is 9.96. The molecule has 2 unspecified atom stereocenters. The fourth-order valence-corrected chi connectivity index (χ4v) is 3.45. The first-order valence-corrected chi connectivity index (χ1v) is 6.60. The topological polar surface area (TPSA) is 45.4 Å². The van der Waals surface area contributed by atoms with Crippen LogP contribution in [0.4, 0.5) is 0 Å². The third-order valence-corrected chi connectivity index (χ3v) is 4.42. The second kappa shape index (κ2) is 3.78. The predicted molar refractivity (Wildman–Crippen MR) is 61.2 cm³/mol. The molecule has 1 aliphatic carbocycles. The summed E-state index contributed by atoms with van der Waals surface area (Å²) in [6.07, 6.45) is 4.36. The number of likely N-dealkylation sites (tertiary alicyclic amines) is 2. The zero-order valence-electron chi connectivity index (χ0n) is 9.96. The van der Waals surface area contributed by atoms with Gasteiger partial charge in [0.15, 0.2) is 6.33 Å². The fourth-order valence-electron chi connectivity index (χ4n) is 3.45. The molecule has 0 spiro atoms. The van der Waals surface area contributed by atoms with Crippen molar-refractivity contribution in [2.45, 2.75) is 25.4 Å². The van der Waals surface area contributed by atoms with Crippen molar-refractivity contribution in [2.75, 3.05) is 26.2 Å². The van der Waals surface area contributed by atoms with Gasteiger partial charge in [0.05, 0.1) is 6.54 Å². The van der Waals surface area contributed by atoms with E-state index in [1.807, 2.05) is 0 Å². The van der Waals surface area contributed by atoms with Crippen LogP contribution in [0, 0.1) is 11.8 Å². The molecule has 17 heavy (non-hydrogen) atoms. The van der Waals surface area contributed by atoms with Crippen molar-refractivity contribution < 1.29 is 4.52 Å². The molecule has 0 amide bonds. The van der Waals surface area contributed by atoms with Gasteiger partial charge in [-0.05, 0) is 24.7 Å². The summed E-state index contributed by atoms with van der Waals surface area (Å²) in [6, 6.07) is 0.935. The molecule has 5 nitrogen and oxygen atoms in total. The molecule has 2 atom stereocenters. The maximum absolute atomic E-state index is 5.07. The van der Waals surface area contributed by atoms with Gasteiger partial charge in [-0.25, -0.2) is 0 Å². The monoisotopic (exact) mass is 234 g/mol. The van der Waals surface area contributed by atoms with Crippen molar-refractivity contribution in [3.63, 3.8) is 0 Å². The van der Waals surface area contributed by atoms with Crippen molar-refractivity contribution in [1.29, 1.82) is 0 Å². The lowest BCUT2D eigenvalue weighted by atomic mass is 10.0. The van der Waals surface area contributed by atoms with Gasteiger partial charge in [-0.2, -0.15) is 4.98 Å². The Morgan fingerprint density at radius 2 is 1.94 bits per heavy atom. The van der Waals surface area contributed by atoms with Gasteiger partial charge in [0, 0.05) is 32.2 Å². The van der Waals surface area contributed by atoms with Crippen molar-refractivity contribution in [3.8, 4) is 0 Å². The van der Waals surface area contributed by atoms with Crippen LogP contribution in [-0.4, -0.2) is 52.2 Å². The SMILES string of the molecule is c1noc(CN2CC3CN(C4CC4)CC3C2)n1. The first-order valence-electron chi connectivity index (χ1n) is 6.60. The van der Waals surface area contributed by atoms with Crippen LogP contribution in [0.2, 0.25) is 0 Å². The summed E-state index contributed by atoms with van der Waals surface area (Å²) in [5.41, 5.74) is 0. The first-order chi connectivity index (χ1) is 8.38. The Bertz CT molecular complexity index is 375.